The first-order valence-electron chi connectivity index (χ1n) is 6.00. The summed E-state index contributed by atoms with van der Waals surface area (Å²) in [6.07, 6.45) is 1.81. The van der Waals surface area contributed by atoms with E-state index in [1.807, 2.05) is 35.8 Å². The molecule has 0 bridgehead atoms. The molecule has 0 amide bonds. The fourth-order valence-electron chi connectivity index (χ4n) is 1.86. The Labute approximate surface area is 129 Å². The first kappa shape index (κ1) is 13.5. The van der Waals surface area contributed by atoms with Gasteiger partial charge < -0.3 is 4.57 Å². The quantitative estimate of drug-likeness (QED) is 0.684. The van der Waals surface area contributed by atoms with Gasteiger partial charge in [-0.25, -0.2) is 4.98 Å². The van der Waals surface area contributed by atoms with Gasteiger partial charge >= 0.3 is 4.87 Å². The van der Waals surface area contributed by atoms with Gasteiger partial charge in [-0.15, -0.1) is 22.9 Å². The average Bonchev–Trinajstić information content (AvgIpc) is 3.10. The van der Waals surface area contributed by atoms with Crippen molar-refractivity contribution >= 4 is 34.3 Å². The van der Waals surface area contributed by atoms with Gasteiger partial charge in [-0.3, -0.25) is 4.79 Å². The van der Waals surface area contributed by atoms with Crippen molar-refractivity contribution in [2.45, 2.75) is 12.4 Å². The van der Waals surface area contributed by atoms with Crippen LogP contribution in [0.4, 0.5) is 0 Å². The van der Waals surface area contributed by atoms with Crippen molar-refractivity contribution < 1.29 is 0 Å². The predicted octanol–water partition coefficient (Wildman–Crippen LogP) is 3.82. The predicted molar refractivity (Wildman–Crippen MR) is 84.8 cm³/mol. The van der Waals surface area contributed by atoms with Crippen LogP contribution < -0.4 is 4.87 Å². The summed E-state index contributed by atoms with van der Waals surface area (Å²) in [6.45, 7) is 0.605. The first-order chi connectivity index (χ1) is 9.76. The summed E-state index contributed by atoms with van der Waals surface area (Å²) in [5.74, 6) is 0.440. The molecule has 0 N–H and O–H groups in total. The monoisotopic (exact) mass is 322 g/mol. The third-order valence-electron chi connectivity index (χ3n) is 2.89. The van der Waals surface area contributed by atoms with Crippen molar-refractivity contribution in [2.24, 2.45) is 0 Å². The van der Waals surface area contributed by atoms with Gasteiger partial charge in [0.15, 0.2) is 0 Å². The Bertz CT molecular complexity index is 758. The molecule has 0 spiro atoms. The Balaban J connectivity index is 1.81. The van der Waals surface area contributed by atoms with Crippen LogP contribution in [-0.4, -0.2) is 9.55 Å². The average molecular weight is 323 g/mol. The smallest absolute Gasteiger partial charge is 0.302 e. The third-order valence-corrected chi connectivity index (χ3v) is 4.79. The fourth-order valence-corrected chi connectivity index (χ4v) is 3.50. The molecule has 2 aromatic heterocycles. The van der Waals surface area contributed by atoms with E-state index in [1.54, 1.807) is 21.3 Å². The molecule has 3 nitrogen and oxygen atoms in total. The molecule has 6 heteroatoms. The molecule has 1 aromatic carbocycles. The van der Waals surface area contributed by atoms with Crippen molar-refractivity contribution in [2.75, 3.05) is 0 Å². The Morgan fingerprint density at radius 3 is 2.60 bits per heavy atom. The highest BCUT2D eigenvalue weighted by Gasteiger charge is 2.05. The maximum absolute atomic E-state index is 11.5. The highest BCUT2D eigenvalue weighted by atomic mass is 35.5. The molecule has 0 radical (unpaired) electrons. The number of alkyl halides is 1. The van der Waals surface area contributed by atoms with Crippen LogP contribution in [0.1, 0.15) is 11.3 Å². The molecule has 0 saturated heterocycles. The van der Waals surface area contributed by atoms with Crippen molar-refractivity contribution in [1.82, 2.24) is 9.55 Å². The van der Waals surface area contributed by atoms with E-state index in [2.05, 4.69) is 4.98 Å². The van der Waals surface area contributed by atoms with Crippen LogP contribution in [0.15, 0.2) is 46.0 Å². The van der Waals surface area contributed by atoms with Crippen molar-refractivity contribution in [3.05, 3.63) is 62.1 Å². The molecule has 0 atom stereocenters. The van der Waals surface area contributed by atoms with Gasteiger partial charge in [-0.05, 0) is 5.56 Å². The number of halogens is 1. The van der Waals surface area contributed by atoms with Gasteiger partial charge in [0.1, 0.15) is 5.01 Å². The van der Waals surface area contributed by atoms with Gasteiger partial charge in [0.2, 0.25) is 0 Å². The SMILES string of the molecule is O=c1sccn1Cc1ccc(-c2nc(CCl)cs2)cc1. The van der Waals surface area contributed by atoms with Gasteiger partial charge in [-0.2, -0.15) is 0 Å². The Morgan fingerprint density at radius 1 is 1.20 bits per heavy atom. The Hall–Kier alpha value is -1.43. The van der Waals surface area contributed by atoms with Crippen molar-refractivity contribution in [3.63, 3.8) is 0 Å². The number of aromatic nitrogens is 2. The molecule has 0 fully saturated rings. The van der Waals surface area contributed by atoms with Gasteiger partial charge in [0.25, 0.3) is 0 Å². The van der Waals surface area contributed by atoms with E-state index in [1.165, 1.54) is 11.3 Å². The summed E-state index contributed by atoms with van der Waals surface area (Å²) < 4.78 is 1.70. The summed E-state index contributed by atoms with van der Waals surface area (Å²) in [4.78, 5) is 16.0. The molecule has 0 saturated carbocycles. The molecule has 3 aromatic rings. The van der Waals surface area contributed by atoms with Crippen LogP contribution in [0, 0.1) is 0 Å². The molecular weight excluding hydrogens is 312 g/mol. The zero-order valence-corrected chi connectivity index (χ0v) is 12.8. The van der Waals surface area contributed by atoms with E-state index in [0.29, 0.717) is 12.4 Å². The zero-order chi connectivity index (χ0) is 13.9. The Morgan fingerprint density at radius 2 is 2.00 bits per heavy atom. The summed E-state index contributed by atoms with van der Waals surface area (Å²) >= 11 is 8.57. The number of hydrogen-bond donors (Lipinski definition) is 0. The van der Waals surface area contributed by atoms with Crippen molar-refractivity contribution in [1.29, 1.82) is 0 Å². The second-order valence-electron chi connectivity index (χ2n) is 4.27. The van der Waals surface area contributed by atoms with E-state index in [4.69, 9.17) is 11.6 Å². The maximum Gasteiger partial charge on any atom is 0.307 e. The van der Waals surface area contributed by atoms with E-state index >= 15 is 0 Å². The minimum atomic E-state index is 0.0701. The highest BCUT2D eigenvalue weighted by molar-refractivity contribution is 7.13. The molecule has 3 rings (SSSR count). The van der Waals surface area contributed by atoms with Crippen LogP contribution in [-0.2, 0) is 12.4 Å². The second-order valence-corrected chi connectivity index (χ2v) is 6.25. The van der Waals surface area contributed by atoms with Crippen LogP contribution in [0.25, 0.3) is 10.6 Å². The van der Waals surface area contributed by atoms with Crippen molar-refractivity contribution in [3.8, 4) is 10.6 Å². The summed E-state index contributed by atoms with van der Waals surface area (Å²) in [5.41, 5.74) is 3.08. The molecule has 0 aliphatic rings. The van der Waals surface area contributed by atoms with E-state index in [0.717, 1.165) is 21.8 Å². The molecule has 2 heterocycles. The number of thiazole rings is 2. The Kier molecular flexibility index (Phi) is 4.00. The summed E-state index contributed by atoms with van der Waals surface area (Å²) in [6, 6.07) is 8.12. The van der Waals surface area contributed by atoms with Gasteiger partial charge in [0.05, 0.1) is 18.1 Å². The lowest BCUT2D eigenvalue weighted by molar-refractivity contribution is 0.784. The molecule has 0 aliphatic heterocycles. The second kappa shape index (κ2) is 5.91. The minimum Gasteiger partial charge on any atom is -0.302 e. The minimum absolute atomic E-state index is 0.0701. The zero-order valence-electron chi connectivity index (χ0n) is 10.5. The van der Waals surface area contributed by atoms with E-state index in [-0.39, 0.29) is 4.87 Å². The standard InChI is InChI=1S/C14H11ClN2OS2/c15-7-12-9-20-13(16-12)11-3-1-10(2-4-11)8-17-5-6-19-14(17)18/h1-6,9H,7-8H2. The summed E-state index contributed by atoms with van der Waals surface area (Å²) in [7, 11) is 0. The van der Waals surface area contributed by atoms with Crippen LogP contribution in [0.5, 0.6) is 0 Å². The van der Waals surface area contributed by atoms with Crippen LogP contribution >= 0.6 is 34.3 Å². The third kappa shape index (κ3) is 2.85. The number of benzene rings is 1. The maximum atomic E-state index is 11.5. The van der Waals surface area contributed by atoms with Crippen LogP contribution in [0.3, 0.4) is 0 Å². The lowest BCUT2D eigenvalue weighted by Gasteiger charge is -2.03. The fraction of sp³-hybridized carbons (Fsp3) is 0.143. The topological polar surface area (TPSA) is 34.9 Å². The number of rotatable bonds is 4. The molecule has 0 aliphatic carbocycles. The highest BCUT2D eigenvalue weighted by Crippen LogP contribution is 2.24. The van der Waals surface area contributed by atoms with Gasteiger partial charge in [0, 0.05) is 22.5 Å². The number of hydrogen-bond acceptors (Lipinski definition) is 4. The normalized spacial score (nSPS) is 10.8. The van der Waals surface area contributed by atoms with E-state index < -0.39 is 0 Å². The first-order valence-corrected chi connectivity index (χ1v) is 8.29. The molecule has 20 heavy (non-hydrogen) atoms. The molecule has 0 unspecified atom stereocenters. The molecule has 102 valence electrons. The number of nitrogens with zero attached hydrogens (tertiary/aromatic N) is 2. The van der Waals surface area contributed by atoms with Gasteiger partial charge in [-0.1, -0.05) is 35.6 Å². The molecular formula is C14H11ClN2OS2. The van der Waals surface area contributed by atoms with Crippen LogP contribution in [0.2, 0.25) is 0 Å². The van der Waals surface area contributed by atoms with E-state index in [9.17, 15) is 4.79 Å². The largest absolute Gasteiger partial charge is 0.307 e. The summed E-state index contributed by atoms with van der Waals surface area (Å²) in [5, 5.41) is 4.75. The lowest BCUT2D eigenvalue weighted by atomic mass is 10.1. The lowest BCUT2D eigenvalue weighted by Crippen LogP contribution is -2.12.